The van der Waals surface area contributed by atoms with Crippen molar-refractivity contribution in [2.75, 3.05) is 6.54 Å². The number of carbonyl (C=O) groups excluding carboxylic acids is 2. The van der Waals surface area contributed by atoms with E-state index in [2.05, 4.69) is 10.6 Å². The Morgan fingerprint density at radius 1 is 1.14 bits per heavy atom. The van der Waals surface area contributed by atoms with E-state index < -0.39 is 0 Å². The molecule has 0 fully saturated rings. The van der Waals surface area contributed by atoms with Crippen LogP contribution in [0.15, 0.2) is 18.2 Å². The molecular formula is C15H20Cl2N2O2. The summed E-state index contributed by atoms with van der Waals surface area (Å²) in [4.78, 5) is 23.2. The van der Waals surface area contributed by atoms with Gasteiger partial charge in [-0.15, -0.1) is 0 Å². The van der Waals surface area contributed by atoms with Crippen molar-refractivity contribution < 1.29 is 9.59 Å². The normalized spacial score (nSPS) is 11.1. The molecule has 0 aromatic heterocycles. The van der Waals surface area contributed by atoms with Gasteiger partial charge in [0.15, 0.2) is 0 Å². The highest BCUT2D eigenvalue weighted by Crippen LogP contribution is 2.20. The van der Waals surface area contributed by atoms with Crippen molar-refractivity contribution in [2.45, 2.75) is 39.2 Å². The van der Waals surface area contributed by atoms with E-state index in [4.69, 9.17) is 23.2 Å². The van der Waals surface area contributed by atoms with Gasteiger partial charge in [-0.3, -0.25) is 9.59 Å². The Hall–Kier alpha value is -1.26. The second kappa shape index (κ2) is 7.66. The highest BCUT2D eigenvalue weighted by Gasteiger charge is 2.16. The number of carbonyl (C=O) groups is 2. The van der Waals surface area contributed by atoms with Crippen LogP contribution < -0.4 is 10.6 Å². The number of hydrogen-bond donors (Lipinski definition) is 2. The summed E-state index contributed by atoms with van der Waals surface area (Å²) in [6, 6.07) is 5.24. The lowest BCUT2D eigenvalue weighted by Crippen LogP contribution is -2.42. The first-order valence-corrected chi connectivity index (χ1v) is 7.44. The van der Waals surface area contributed by atoms with Crippen molar-refractivity contribution in [1.82, 2.24) is 10.6 Å². The summed E-state index contributed by atoms with van der Waals surface area (Å²) in [6.45, 7) is 6.02. The molecule has 0 unspecified atom stereocenters. The zero-order chi connectivity index (χ0) is 16.0. The number of halogens is 2. The summed E-state index contributed by atoms with van der Waals surface area (Å²) in [5.74, 6) is -0.591. The molecule has 1 rings (SSSR count). The van der Waals surface area contributed by atoms with Crippen LogP contribution in [0.25, 0.3) is 0 Å². The minimum absolute atomic E-state index is 0.175. The zero-order valence-electron chi connectivity index (χ0n) is 12.4. The van der Waals surface area contributed by atoms with Crippen LogP contribution in [0.4, 0.5) is 0 Å². The minimum atomic E-state index is -0.339. The third kappa shape index (κ3) is 7.34. The summed E-state index contributed by atoms with van der Waals surface area (Å²) < 4.78 is 0. The second-order valence-corrected chi connectivity index (χ2v) is 6.65. The summed E-state index contributed by atoms with van der Waals surface area (Å²) >= 11 is 11.9. The van der Waals surface area contributed by atoms with Crippen molar-refractivity contribution in [3.63, 3.8) is 0 Å². The number of hydrogen-bond acceptors (Lipinski definition) is 2. The van der Waals surface area contributed by atoms with Gasteiger partial charge < -0.3 is 10.6 Å². The minimum Gasteiger partial charge on any atom is -0.355 e. The quantitative estimate of drug-likeness (QED) is 0.815. The number of nitrogens with one attached hydrogen (secondary N) is 2. The van der Waals surface area contributed by atoms with E-state index >= 15 is 0 Å². The van der Waals surface area contributed by atoms with Crippen LogP contribution in [0.5, 0.6) is 0 Å². The van der Waals surface area contributed by atoms with Crippen molar-refractivity contribution in [3.05, 3.63) is 33.8 Å². The van der Waals surface area contributed by atoms with E-state index in [1.807, 2.05) is 26.8 Å². The average molecular weight is 331 g/mol. The van der Waals surface area contributed by atoms with Gasteiger partial charge in [0.1, 0.15) is 6.42 Å². The molecule has 0 heterocycles. The molecule has 116 valence electrons. The predicted molar refractivity (Wildman–Crippen MR) is 85.7 cm³/mol. The largest absolute Gasteiger partial charge is 0.355 e. The monoisotopic (exact) mass is 330 g/mol. The van der Waals surface area contributed by atoms with E-state index in [0.717, 1.165) is 5.56 Å². The van der Waals surface area contributed by atoms with Gasteiger partial charge in [0, 0.05) is 22.1 Å². The Kier molecular flexibility index (Phi) is 6.49. The molecule has 0 aliphatic rings. The van der Waals surface area contributed by atoms with Gasteiger partial charge >= 0.3 is 0 Å². The van der Waals surface area contributed by atoms with Gasteiger partial charge in [-0.25, -0.2) is 0 Å². The van der Waals surface area contributed by atoms with E-state index in [1.54, 1.807) is 12.1 Å². The molecule has 2 amide bonds. The molecule has 0 atom stereocenters. The van der Waals surface area contributed by atoms with Crippen LogP contribution in [0.3, 0.4) is 0 Å². The fourth-order valence-corrected chi connectivity index (χ4v) is 2.23. The van der Waals surface area contributed by atoms with Crippen LogP contribution in [0.1, 0.15) is 32.8 Å². The predicted octanol–water partition coefficient (Wildman–Crippen LogP) is 2.96. The fraction of sp³-hybridized carbons (Fsp3) is 0.467. The van der Waals surface area contributed by atoms with E-state index in [1.165, 1.54) is 0 Å². The molecule has 0 aliphatic carbocycles. The maximum atomic E-state index is 11.6. The fourth-order valence-electron chi connectivity index (χ4n) is 1.73. The second-order valence-electron chi connectivity index (χ2n) is 5.81. The van der Waals surface area contributed by atoms with Crippen LogP contribution in [0, 0.1) is 0 Å². The summed E-state index contributed by atoms with van der Waals surface area (Å²) in [7, 11) is 0. The number of amides is 2. The molecule has 0 radical (unpaired) electrons. The molecular weight excluding hydrogens is 311 g/mol. The molecule has 21 heavy (non-hydrogen) atoms. The van der Waals surface area contributed by atoms with Crippen molar-refractivity contribution in [1.29, 1.82) is 0 Å². The number of rotatable bonds is 5. The molecule has 0 aliphatic heterocycles. The first-order valence-electron chi connectivity index (χ1n) is 6.69. The molecule has 0 saturated heterocycles. The Morgan fingerprint density at radius 3 is 2.38 bits per heavy atom. The lowest BCUT2D eigenvalue weighted by Gasteiger charge is -2.20. The number of benzene rings is 1. The third-order valence-electron chi connectivity index (χ3n) is 2.57. The Morgan fingerprint density at radius 2 is 1.81 bits per heavy atom. The van der Waals surface area contributed by atoms with Gasteiger partial charge in [-0.05, 0) is 44.9 Å². The molecule has 6 heteroatoms. The van der Waals surface area contributed by atoms with Gasteiger partial charge in [0.25, 0.3) is 0 Å². The van der Waals surface area contributed by atoms with Gasteiger partial charge in [0.05, 0.1) is 0 Å². The van der Waals surface area contributed by atoms with Crippen LogP contribution >= 0.6 is 23.2 Å². The first-order chi connectivity index (χ1) is 9.67. The topological polar surface area (TPSA) is 58.2 Å². The zero-order valence-corrected chi connectivity index (χ0v) is 13.9. The van der Waals surface area contributed by atoms with Crippen molar-refractivity contribution in [2.24, 2.45) is 0 Å². The molecule has 0 bridgehead atoms. The van der Waals surface area contributed by atoms with Crippen LogP contribution in [-0.4, -0.2) is 23.9 Å². The van der Waals surface area contributed by atoms with Crippen molar-refractivity contribution in [3.8, 4) is 0 Å². The van der Waals surface area contributed by atoms with E-state index in [-0.39, 0.29) is 23.8 Å². The van der Waals surface area contributed by atoms with Gasteiger partial charge in [0.2, 0.25) is 11.8 Å². The van der Waals surface area contributed by atoms with Crippen LogP contribution in [0.2, 0.25) is 10.0 Å². The van der Waals surface area contributed by atoms with E-state index in [0.29, 0.717) is 23.0 Å². The first kappa shape index (κ1) is 17.8. The molecule has 2 N–H and O–H groups in total. The van der Waals surface area contributed by atoms with E-state index in [9.17, 15) is 9.59 Å². The highest BCUT2D eigenvalue weighted by molar-refractivity contribution is 6.35. The average Bonchev–Trinajstić information content (AvgIpc) is 2.29. The molecule has 1 aromatic carbocycles. The lowest BCUT2D eigenvalue weighted by atomic mass is 10.1. The van der Waals surface area contributed by atoms with Gasteiger partial charge in [-0.2, -0.15) is 0 Å². The summed E-state index contributed by atoms with van der Waals surface area (Å²) in [5.41, 5.74) is 0.564. The highest BCUT2D eigenvalue weighted by atomic mass is 35.5. The van der Waals surface area contributed by atoms with Crippen molar-refractivity contribution >= 4 is 35.0 Å². The molecule has 1 aromatic rings. The molecule has 4 nitrogen and oxygen atoms in total. The Bertz CT molecular complexity index is 525. The molecule has 0 spiro atoms. The van der Waals surface area contributed by atoms with Crippen LogP contribution in [-0.2, 0) is 16.0 Å². The van der Waals surface area contributed by atoms with Gasteiger partial charge in [-0.1, -0.05) is 29.3 Å². The maximum Gasteiger partial charge on any atom is 0.229 e. The third-order valence-corrected chi connectivity index (χ3v) is 3.15. The maximum absolute atomic E-state index is 11.6. The molecule has 0 saturated carbocycles. The Balaban J connectivity index is 2.35. The summed E-state index contributed by atoms with van der Waals surface area (Å²) in [5, 5.41) is 6.58. The summed E-state index contributed by atoms with van der Waals surface area (Å²) in [6.07, 6.45) is 0.411. The lowest BCUT2D eigenvalue weighted by molar-refractivity contribution is -0.130. The smallest absolute Gasteiger partial charge is 0.229 e. The Labute approximate surface area is 135 Å². The SMILES string of the molecule is CC(C)(C)NC(=O)CC(=O)NCCc1ccc(Cl)cc1Cl. The standard InChI is InChI=1S/C15H20Cl2N2O2/c1-15(2,3)19-14(21)9-13(20)18-7-6-10-4-5-11(16)8-12(10)17/h4-5,8H,6-7,9H2,1-3H3,(H,18,20)(H,19,21).